The fourth-order valence-electron chi connectivity index (χ4n) is 2.67. The van der Waals surface area contributed by atoms with Crippen molar-refractivity contribution in [1.29, 1.82) is 0 Å². The number of amides is 1. The number of nitrogens with zero attached hydrogens (tertiary/aromatic N) is 3. The minimum absolute atomic E-state index is 0.256. The van der Waals surface area contributed by atoms with Gasteiger partial charge in [0.25, 0.3) is 0 Å². The van der Waals surface area contributed by atoms with Gasteiger partial charge >= 0.3 is 0 Å². The van der Waals surface area contributed by atoms with Gasteiger partial charge in [0.1, 0.15) is 5.82 Å². The molecule has 2 rings (SSSR count). The Morgan fingerprint density at radius 1 is 1.37 bits per heavy atom. The SMILES string of the molecule is Cc1nccn1CC1CCN(C(=O)C(C)(C)C)CC1. The quantitative estimate of drug-likeness (QED) is 0.822. The molecule has 4 nitrogen and oxygen atoms in total. The lowest BCUT2D eigenvalue weighted by atomic mass is 9.91. The first-order chi connectivity index (χ1) is 8.88. The molecule has 0 unspecified atom stereocenters. The highest BCUT2D eigenvalue weighted by Crippen LogP contribution is 2.24. The average Bonchev–Trinajstić information content (AvgIpc) is 2.74. The number of imidazole rings is 1. The number of hydrogen-bond acceptors (Lipinski definition) is 2. The van der Waals surface area contributed by atoms with Gasteiger partial charge in [0.05, 0.1) is 0 Å². The van der Waals surface area contributed by atoms with E-state index in [4.69, 9.17) is 0 Å². The summed E-state index contributed by atoms with van der Waals surface area (Å²) >= 11 is 0. The van der Waals surface area contributed by atoms with Gasteiger partial charge in [-0.1, -0.05) is 20.8 Å². The van der Waals surface area contributed by atoms with Crippen LogP contribution in [-0.2, 0) is 11.3 Å². The average molecular weight is 263 g/mol. The summed E-state index contributed by atoms with van der Waals surface area (Å²) in [6.45, 7) is 10.9. The molecule has 0 aromatic carbocycles. The Morgan fingerprint density at radius 3 is 2.47 bits per heavy atom. The molecule has 1 aromatic heterocycles. The van der Waals surface area contributed by atoms with E-state index in [1.54, 1.807) is 0 Å². The van der Waals surface area contributed by atoms with Crippen molar-refractivity contribution in [2.45, 2.75) is 47.1 Å². The number of rotatable bonds is 2. The molecule has 1 aliphatic rings. The summed E-state index contributed by atoms with van der Waals surface area (Å²) in [5.41, 5.74) is -0.256. The van der Waals surface area contributed by atoms with Crippen LogP contribution in [0.15, 0.2) is 12.4 Å². The highest BCUT2D eigenvalue weighted by atomic mass is 16.2. The second-order valence-electron chi connectivity index (χ2n) is 6.61. The van der Waals surface area contributed by atoms with Gasteiger partial charge < -0.3 is 9.47 Å². The van der Waals surface area contributed by atoms with Gasteiger partial charge in [-0.2, -0.15) is 0 Å². The number of likely N-dealkylation sites (tertiary alicyclic amines) is 1. The third-order valence-corrected chi connectivity index (χ3v) is 3.92. The fraction of sp³-hybridized carbons (Fsp3) is 0.733. The second kappa shape index (κ2) is 5.35. The van der Waals surface area contributed by atoms with Crippen LogP contribution in [-0.4, -0.2) is 33.4 Å². The highest BCUT2D eigenvalue weighted by Gasteiger charge is 2.30. The van der Waals surface area contributed by atoms with Gasteiger partial charge in [-0.3, -0.25) is 4.79 Å². The zero-order valence-electron chi connectivity index (χ0n) is 12.5. The second-order valence-corrected chi connectivity index (χ2v) is 6.61. The summed E-state index contributed by atoms with van der Waals surface area (Å²) < 4.78 is 2.21. The molecule has 4 heteroatoms. The van der Waals surface area contributed by atoms with Crippen molar-refractivity contribution in [2.75, 3.05) is 13.1 Å². The lowest BCUT2D eigenvalue weighted by molar-refractivity contribution is -0.140. The van der Waals surface area contributed by atoms with Gasteiger partial charge in [0.15, 0.2) is 0 Å². The van der Waals surface area contributed by atoms with E-state index in [0.717, 1.165) is 38.3 Å². The Hall–Kier alpha value is -1.32. The maximum atomic E-state index is 12.2. The summed E-state index contributed by atoms with van der Waals surface area (Å²) in [6, 6.07) is 0. The van der Waals surface area contributed by atoms with E-state index in [1.807, 2.05) is 45.0 Å². The Morgan fingerprint density at radius 2 is 2.00 bits per heavy atom. The van der Waals surface area contributed by atoms with Crippen LogP contribution in [0.1, 0.15) is 39.4 Å². The van der Waals surface area contributed by atoms with E-state index in [1.165, 1.54) is 0 Å². The van der Waals surface area contributed by atoms with Gasteiger partial charge in [0, 0.05) is 37.4 Å². The molecule has 106 valence electrons. The van der Waals surface area contributed by atoms with Crippen molar-refractivity contribution in [3.63, 3.8) is 0 Å². The van der Waals surface area contributed by atoms with Crippen LogP contribution in [0.4, 0.5) is 0 Å². The fourth-order valence-corrected chi connectivity index (χ4v) is 2.67. The predicted molar refractivity (Wildman–Crippen MR) is 75.7 cm³/mol. The number of piperidine rings is 1. The normalized spacial score (nSPS) is 17.8. The predicted octanol–water partition coefficient (Wildman–Crippen LogP) is 2.48. The lowest BCUT2D eigenvalue weighted by Crippen LogP contribution is -2.44. The summed E-state index contributed by atoms with van der Waals surface area (Å²) in [6.07, 6.45) is 6.09. The van der Waals surface area contributed by atoms with Crippen molar-refractivity contribution < 1.29 is 4.79 Å². The molecule has 1 fully saturated rings. The molecule has 0 saturated carbocycles. The van der Waals surface area contributed by atoms with Crippen molar-refractivity contribution in [3.05, 3.63) is 18.2 Å². The molecule has 1 amide bonds. The summed E-state index contributed by atoms with van der Waals surface area (Å²) in [5, 5.41) is 0. The third-order valence-electron chi connectivity index (χ3n) is 3.92. The zero-order chi connectivity index (χ0) is 14.0. The smallest absolute Gasteiger partial charge is 0.227 e. The van der Waals surface area contributed by atoms with Crippen molar-refractivity contribution in [2.24, 2.45) is 11.3 Å². The molecule has 0 N–H and O–H groups in total. The molecule has 0 bridgehead atoms. The Balaban J connectivity index is 1.86. The molecule has 2 heterocycles. The third kappa shape index (κ3) is 3.37. The molecule has 1 aromatic rings. The molecule has 1 saturated heterocycles. The molecule has 0 atom stereocenters. The van der Waals surface area contributed by atoms with Gasteiger partial charge in [-0.15, -0.1) is 0 Å². The summed E-state index contributed by atoms with van der Waals surface area (Å²) in [7, 11) is 0. The molecule has 0 radical (unpaired) electrons. The van der Waals surface area contributed by atoms with Gasteiger partial charge in [-0.05, 0) is 25.7 Å². The van der Waals surface area contributed by atoms with Gasteiger partial charge in [0.2, 0.25) is 5.91 Å². The minimum atomic E-state index is -0.256. The van der Waals surface area contributed by atoms with Crippen LogP contribution in [0.25, 0.3) is 0 Å². The monoisotopic (exact) mass is 263 g/mol. The van der Waals surface area contributed by atoms with E-state index >= 15 is 0 Å². The number of carbonyl (C=O) groups excluding carboxylic acids is 1. The number of aryl methyl sites for hydroxylation is 1. The molecule has 1 aliphatic heterocycles. The Labute approximate surface area is 115 Å². The Kier molecular flexibility index (Phi) is 3.97. The van der Waals surface area contributed by atoms with Crippen LogP contribution >= 0.6 is 0 Å². The molecule has 0 aliphatic carbocycles. The summed E-state index contributed by atoms with van der Waals surface area (Å²) in [4.78, 5) is 18.5. The molecular formula is C15H25N3O. The highest BCUT2D eigenvalue weighted by molar-refractivity contribution is 5.81. The number of aromatic nitrogens is 2. The van der Waals surface area contributed by atoms with E-state index in [0.29, 0.717) is 5.92 Å². The van der Waals surface area contributed by atoms with E-state index in [-0.39, 0.29) is 11.3 Å². The lowest BCUT2D eigenvalue weighted by Gasteiger charge is -2.36. The van der Waals surface area contributed by atoms with E-state index < -0.39 is 0 Å². The number of hydrogen-bond donors (Lipinski definition) is 0. The summed E-state index contributed by atoms with van der Waals surface area (Å²) in [5.74, 6) is 2.02. The maximum Gasteiger partial charge on any atom is 0.227 e. The van der Waals surface area contributed by atoms with E-state index in [9.17, 15) is 4.79 Å². The minimum Gasteiger partial charge on any atom is -0.342 e. The largest absolute Gasteiger partial charge is 0.342 e. The first kappa shape index (κ1) is 14.1. The first-order valence-corrected chi connectivity index (χ1v) is 7.15. The van der Waals surface area contributed by atoms with Crippen LogP contribution in [0.3, 0.4) is 0 Å². The van der Waals surface area contributed by atoms with Crippen molar-refractivity contribution in [3.8, 4) is 0 Å². The van der Waals surface area contributed by atoms with Crippen LogP contribution in [0.5, 0.6) is 0 Å². The molecule has 19 heavy (non-hydrogen) atoms. The van der Waals surface area contributed by atoms with Crippen LogP contribution < -0.4 is 0 Å². The molecular weight excluding hydrogens is 238 g/mol. The topological polar surface area (TPSA) is 38.1 Å². The zero-order valence-corrected chi connectivity index (χ0v) is 12.5. The van der Waals surface area contributed by atoms with Crippen molar-refractivity contribution >= 4 is 5.91 Å². The molecule has 0 spiro atoms. The standard InChI is InChI=1S/C15H25N3O/c1-12-16-7-10-18(12)11-13-5-8-17(9-6-13)14(19)15(2,3)4/h7,10,13H,5-6,8-9,11H2,1-4H3. The van der Waals surface area contributed by atoms with Crippen LogP contribution in [0, 0.1) is 18.3 Å². The number of carbonyl (C=O) groups is 1. The van der Waals surface area contributed by atoms with Crippen molar-refractivity contribution in [1.82, 2.24) is 14.5 Å². The van der Waals surface area contributed by atoms with E-state index in [2.05, 4.69) is 9.55 Å². The van der Waals surface area contributed by atoms with Gasteiger partial charge in [-0.25, -0.2) is 4.98 Å². The maximum absolute atomic E-state index is 12.2. The Bertz CT molecular complexity index is 436. The first-order valence-electron chi connectivity index (χ1n) is 7.15. The van der Waals surface area contributed by atoms with Crippen LogP contribution in [0.2, 0.25) is 0 Å².